The third-order valence-corrected chi connectivity index (χ3v) is 5.42. The van der Waals surface area contributed by atoms with Gasteiger partial charge in [0.25, 0.3) is 0 Å². The average Bonchev–Trinajstić information content (AvgIpc) is 3.07. The van der Waals surface area contributed by atoms with Crippen LogP contribution in [0.25, 0.3) is 0 Å². The number of amides is 1. The highest BCUT2D eigenvalue weighted by atomic mass is 32.2. The van der Waals surface area contributed by atoms with E-state index >= 15 is 0 Å². The van der Waals surface area contributed by atoms with E-state index < -0.39 is 0 Å². The number of nitrogens with zero attached hydrogens (tertiary/aromatic N) is 2. The molecule has 2 aromatic rings. The Balaban J connectivity index is 1.35. The molecule has 0 bridgehead atoms. The molecule has 1 fully saturated rings. The summed E-state index contributed by atoms with van der Waals surface area (Å²) in [4.78, 5) is 19.7. The molecule has 3 rings (SSSR count). The molecule has 1 aliphatic rings. The van der Waals surface area contributed by atoms with Gasteiger partial charge >= 0.3 is 0 Å². The van der Waals surface area contributed by atoms with Crippen LogP contribution >= 0.6 is 11.8 Å². The highest BCUT2D eigenvalue weighted by molar-refractivity contribution is 7.99. The first kappa shape index (κ1) is 17.0. The molecule has 0 saturated carbocycles. The Kier molecular flexibility index (Phi) is 6.26. The maximum atomic E-state index is 12.1. The summed E-state index contributed by atoms with van der Waals surface area (Å²) in [6.07, 6.45) is 4.70. The van der Waals surface area contributed by atoms with Gasteiger partial charge in [0.15, 0.2) is 0 Å². The summed E-state index contributed by atoms with van der Waals surface area (Å²) in [5, 5.41) is 2.97. The fourth-order valence-electron chi connectivity index (χ4n) is 2.89. The molecule has 5 heteroatoms. The van der Waals surface area contributed by atoms with Crippen molar-refractivity contribution in [3.8, 4) is 0 Å². The van der Waals surface area contributed by atoms with E-state index in [1.54, 1.807) is 12.4 Å². The lowest BCUT2D eigenvalue weighted by Crippen LogP contribution is -2.35. The van der Waals surface area contributed by atoms with Crippen molar-refractivity contribution in [2.45, 2.75) is 17.9 Å². The van der Waals surface area contributed by atoms with Crippen molar-refractivity contribution < 1.29 is 4.79 Å². The van der Waals surface area contributed by atoms with Crippen molar-refractivity contribution in [1.29, 1.82) is 0 Å². The van der Waals surface area contributed by atoms with Crippen LogP contribution in [0.3, 0.4) is 0 Å². The van der Waals surface area contributed by atoms with Gasteiger partial charge in [-0.3, -0.25) is 14.7 Å². The van der Waals surface area contributed by atoms with Crippen molar-refractivity contribution in [1.82, 2.24) is 15.2 Å². The Morgan fingerprint density at radius 3 is 2.92 bits per heavy atom. The predicted molar refractivity (Wildman–Crippen MR) is 97.8 cm³/mol. The van der Waals surface area contributed by atoms with Crippen molar-refractivity contribution in [2.24, 2.45) is 5.92 Å². The number of rotatable bonds is 7. The Morgan fingerprint density at radius 2 is 2.12 bits per heavy atom. The summed E-state index contributed by atoms with van der Waals surface area (Å²) in [5.41, 5.74) is 1.03. The van der Waals surface area contributed by atoms with Gasteiger partial charge in [-0.25, -0.2) is 0 Å². The second-order valence-corrected chi connectivity index (χ2v) is 7.25. The van der Waals surface area contributed by atoms with E-state index in [9.17, 15) is 4.79 Å². The fraction of sp³-hybridized carbons (Fsp3) is 0.368. The topological polar surface area (TPSA) is 45.2 Å². The second kappa shape index (κ2) is 8.85. The standard InChI is InChI=1S/C19H23N3OS/c23-19(21-12-16-5-4-9-20-11-16)14-22-10-8-17(13-22)15-24-18-6-2-1-3-7-18/h1-7,9,11,17H,8,10,12-15H2,(H,21,23). The first-order valence-corrected chi connectivity index (χ1v) is 9.34. The predicted octanol–water partition coefficient (Wildman–Crippen LogP) is 2.81. The summed E-state index contributed by atoms with van der Waals surface area (Å²) in [7, 11) is 0. The molecule has 1 unspecified atom stereocenters. The number of nitrogens with one attached hydrogen (secondary N) is 1. The zero-order valence-electron chi connectivity index (χ0n) is 13.7. The Hall–Kier alpha value is -1.85. The van der Waals surface area contributed by atoms with Crippen LogP contribution in [-0.2, 0) is 11.3 Å². The normalized spacial score (nSPS) is 17.8. The van der Waals surface area contributed by atoms with Gasteiger partial charge in [-0.1, -0.05) is 24.3 Å². The molecule has 4 nitrogen and oxygen atoms in total. The zero-order valence-corrected chi connectivity index (χ0v) is 14.5. The van der Waals surface area contributed by atoms with Gasteiger partial charge in [-0.15, -0.1) is 11.8 Å². The molecule has 0 radical (unpaired) electrons. The average molecular weight is 341 g/mol. The van der Waals surface area contributed by atoms with Crippen LogP contribution in [0.5, 0.6) is 0 Å². The van der Waals surface area contributed by atoms with Crippen molar-refractivity contribution in [3.63, 3.8) is 0 Å². The van der Waals surface area contributed by atoms with E-state index in [4.69, 9.17) is 0 Å². The minimum atomic E-state index is 0.0928. The number of thioether (sulfide) groups is 1. The Labute approximate surface area is 147 Å². The van der Waals surface area contributed by atoms with E-state index in [0.717, 1.165) is 24.4 Å². The third kappa shape index (κ3) is 5.35. The van der Waals surface area contributed by atoms with Crippen LogP contribution in [0.2, 0.25) is 0 Å². The zero-order chi connectivity index (χ0) is 16.6. The quantitative estimate of drug-likeness (QED) is 0.787. The summed E-state index contributed by atoms with van der Waals surface area (Å²) in [6.45, 7) is 3.07. The molecule has 126 valence electrons. The van der Waals surface area contributed by atoms with Crippen LogP contribution in [-0.4, -0.2) is 41.2 Å². The summed E-state index contributed by atoms with van der Waals surface area (Å²) < 4.78 is 0. The van der Waals surface area contributed by atoms with Gasteiger partial charge in [-0.2, -0.15) is 0 Å². The molecule has 0 spiro atoms. The van der Waals surface area contributed by atoms with Crippen LogP contribution in [0.15, 0.2) is 59.8 Å². The summed E-state index contributed by atoms with van der Waals surface area (Å²) >= 11 is 1.91. The van der Waals surface area contributed by atoms with E-state index in [0.29, 0.717) is 19.0 Å². The van der Waals surface area contributed by atoms with Gasteiger partial charge in [-0.05, 0) is 42.6 Å². The molecule has 1 aliphatic heterocycles. The molecule has 24 heavy (non-hydrogen) atoms. The molecule has 1 aromatic heterocycles. The van der Waals surface area contributed by atoms with Crippen molar-refractivity contribution in [2.75, 3.05) is 25.4 Å². The van der Waals surface area contributed by atoms with Gasteiger partial charge in [0.2, 0.25) is 5.91 Å². The lowest BCUT2D eigenvalue weighted by molar-refractivity contribution is -0.122. The van der Waals surface area contributed by atoms with Crippen LogP contribution in [0, 0.1) is 5.92 Å². The maximum Gasteiger partial charge on any atom is 0.234 e. The molecule has 1 amide bonds. The van der Waals surface area contributed by atoms with Crippen LogP contribution < -0.4 is 5.32 Å². The number of carbonyl (C=O) groups is 1. The van der Waals surface area contributed by atoms with E-state index in [1.165, 1.54) is 11.3 Å². The monoisotopic (exact) mass is 341 g/mol. The molecule has 1 saturated heterocycles. The molecule has 2 heterocycles. The largest absolute Gasteiger partial charge is 0.351 e. The van der Waals surface area contributed by atoms with Crippen LogP contribution in [0.1, 0.15) is 12.0 Å². The molecule has 0 aliphatic carbocycles. The van der Waals surface area contributed by atoms with Gasteiger partial charge in [0, 0.05) is 36.1 Å². The first-order chi connectivity index (χ1) is 11.8. The highest BCUT2D eigenvalue weighted by Crippen LogP contribution is 2.25. The third-order valence-electron chi connectivity index (χ3n) is 4.18. The minimum Gasteiger partial charge on any atom is -0.351 e. The molecule has 1 aromatic carbocycles. The minimum absolute atomic E-state index is 0.0928. The first-order valence-electron chi connectivity index (χ1n) is 8.35. The SMILES string of the molecule is O=C(CN1CCC(CSc2ccccc2)C1)NCc1cccnc1. The number of aromatic nitrogens is 1. The molecular weight excluding hydrogens is 318 g/mol. The van der Waals surface area contributed by atoms with Crippen molar-refractivity contribution in [3.05, 3.63) is 60.4 Å². The molecular formula is C19H23N3OS. The van der Waals surface area contributed by atoms with Crippen molar-refractivity contribution >= 4 is 17.7 Å². The number of benzene rings is 1. The second-order valence-electron chi connectivity index (χ2n) is 6.15. The van der Waals surface area contributed by atoms with E-state index in [1.807, 2.05) is 30.0 Å². The fourth-order valence-corrected chi connectivity index (χ4v) is 3.94. The summed E-state index contributed by atoms with van der Waals surface area (Å²) in [5.74, 6) is 1.88. The van der Waals surface area contributed by atoms with E-state index in [2.05, 4.69) is 39.5 Å². The number of pyridine rings is 1. The number of likely N-dealkylation sites (tertiary alicyclic amines) is 1. The lowest BCUT2D eigenvalue weighted by atomic mass is 10.2. The maximum absolute atomic E-state index is 12.1. The molecule has 1 atom stereocenters. The van der Waals surface area contributed by atoms with Crippen LogP contribution in [0.4, 0.5) is 0 Å². The van der Waals surface area contributed by atoms with Gasteiger partial charge < -0.3 is 5.32 Å². The number of hydrogen-bond donors (Lipinski definition) is 1. The number of carbonyl (C=O) groups excluding carboxylic acids is 1. The smallest absolute Gasteiger partial charge is 0.234 e. The van der Waals surface area contributed by atoms with Gasteiger partial charge in [0.05, 0.1) is 6.54 Å². The number of hydrogen-bond acceptors (Lipinski definition) is 4. The Bertz CT molecular complexity index is 636. The summed E-state index contributed by atoms with van der Waals surface area (Å²) in [6, 6.07) is 14.4. The highest BCUT2D eigenvalue weighted by Gasteiger charge is 2.23. The Morgan fingerprint density at radius 1 is 1.25 bits per heavy atom. The lowest BCUT2D eigenvalue weighted by Gasteiger charge is -2.15. The molecule has 1 N–H and O–H groups in total. The van der Waals surface area contributed by atoms with Gasteiger partial charge in [0.1, 0.15) is 0 Å². The van der Waals surface area contributed by atoms with E-state index in [-0.39, 0.29) is 5.91 Å².